The van der Waals surface area contributed by atoms with Gasteiger partial charge in [-0.25, -0.2) is 0 Å². The Kier molecular flexibility index (Phi) is 3.05. The van der Waals surface area contributed by atoms with Crippen molar-refractivity contribution in [2.45, 2.75) is 40.5 Å². The van der Waals surface area contributed by atoms with Crippen molar-refractivity contribution in [1.29, 1.82) is 0 Å². The van der Waals surface area contributed by atoms with Gasteiger partial charge in [-0.1, -0.05) is 13.0 Å². The molecule has 0 aliphatic carbocycles. The number of furan rings is 1. The molecule has 0 saturated carbocycles. The number of hydrogen-bond donors (Lipinski definition) is 0. The molecule has 1 aromatic heterocycles. The van der Waals surface area contributed by atoms with Crippen LogP contribution in [0.4, 0.5) is 0 Å². The van der Waals surface area contributed by atoms with Gasteiger partial charge in [-0.2, -0.15) is 0 Å². The first kappa shape index (κ1) is 11.9. The molecule has 0 radical (unpaired) electrons. The van der Waals surface area contributed by atoms with E-state index in [0.717, 1.165) is 23.0 Å². The van der Waals surface area contributed by atoms with Crippen molar-refractivity contribution >= 4 is 16.8 Å². The largest absolute Gasteiger partial charge is 0.453 e. The highest BCUT2D eigenvalue weighted by Gasteiger charge is 2.15. The molecular weight excluding hydrogens is 212 g/mol. The van der Waals surface area contributed by atoms with Crippen molar-refractivity contribution in [3.63, 3.8) is 0 Å². The van der Waals surface area contributed by atoms with E-state index in [0.29, 0.717) is 12.2 Å². The molecule has 1 aromatic carbocycles. The van der Waals surface area contributed by atoms with Crippen LogP contribution >= 0.6 is 0 Å². The minimum absolute atomic E-state index is 0.0974. The highest BCUT2D eigenvalue weighted by Crippen LogP contribution is 2.29. The summed E-state index contributed by atoms with van der Waals surface area (Å²) in [5, 5.41) is 1.06. The number of carbonyl (C=O) groups is 1. The maximum Gasteiger partial charge on any atom is 0.198 e. The molecule has 90 valence electrons. The smallest absolute Gasteiger partial charge is 0.198 e. The quantitative estimate of drug-likeness (QED) is 0.734. The maximum atomic E-state index is 11.8. The topological polar surface area (TPSA) is 30.2 Å². The Labute approximate surface area is 102 Å². The molecule has 0 bridgehead atoms. The molecule has 2 heteroatoms. The van der Waals surface area contributed by atoms with Crippen molar-refractivity contribution in [2.75, 3.05) is 0 Å². The molecule has 2 rings (SSSR count). The van der Waals surface area contributed by atoms with Gasteiger partial charge in [0.25, 0.3) is 0 Å². The molecule has 0 amide bonds. The Morgan fingerprint density at radius 3 is 2.53 bits per heavy atom. The number of aryl methyl sites for hydroxylation is 3. The minimum Gasteiger partial charge on any atom is -0.453 e. The summed E-state index contributed by atoms with van der Waals surface area (Å²) in [7, 11) is 0. The Bertz CT molecular complexity index is 576. The summed E-state index contributed by atoms with van der Waals surface area (Å²) in [5.41, 5.74) is 4.37. The molecular formula is C15H18O2. The van der Waals surface area contributed by atoms with E-state index >= 15 is 0 Å². The molecule has 17 heavy (non-hydrogen) atoms. The lowest BCUT2D eigenvalue weighted by molar-refractivity contribution is 0.0957. The van der Waals surface area contributed by atoms with Crippen molar-refractivity contribution < 1.29 is 9.21 Å². The highest BCUT2D eigenvalue weighted by atomic mass is 16.3. The van der Waals surface area contributed by atoms with Gasteiger partial charge in [0.05, 0.1) is 0 Å². The van der Waals surface area contributed by atoms with Gasteiger partial charge in [-0.05, 0) is 49.9 Å². The van der Waals surface area contributed by atoms with Crippen LogP contribution in [0, 0.1) is 20.8 Å². The van der Waals surface area contributed by atoms with Crippen molar-refractivity contribution in [1.82, 2.24) is 0 Å². The van der Waals surface area contributed by atoms with Gasteiger partial charge in [-0.15, -0.1) is 0 Å². The average molecular weight is 230 g/mol. The lowest BCUT2D eigenvalue weighted by Crippen LogP contribution is -1.94. The fourth-order valence-electron chi connectivity index (χ4n) is 2.14. The van der Waals surface area contributed by atoms with Crippen LogP contribution in [0.15, 0.2) is 16.5 Å². The van der Waals surface area contributed by atoms with Crippen LogP contribution in [0.3, 0.4) is 0 Å². The van der Waals surface area contributed by atoms with E-state index in [2.05, 4.69) is 19.9 Å². The third-order valence-electron chi connectivity index (χ3n) is 3.27. The Balaban J connectivity index is 2.61. The Morgan fingerprint density at radius 2 is 1.88 bits per heavy atom. The van der Waals surface area contributed by atoms with Crippen LogP contribution in [-0.4, -0.2) is 5.78 Å². The summed E-state index contributed by atoms with van der Waals surface area (Å²) < 4.78 is 5.73. The van der Waals surface area contributed by atoms with Gasteiger partial charge in [-0.3, -0.25) is 4.79 Å². The third-order valence-corrected chi connectivity index (χ3v) is 3.27. The van der Waals surface area contributed by atoms with E-state index in [9.17, 15) is 4.79 Å². The van der Waals surface area contributed by atoms with Gasteiger partial charge < -0.3 is 4.42 Å². The lowest BCUT2D eigenvalue weighted by Gasteiger charge is -2.02. The first-order valence-electron chi connectivity index (χ1n) is 6.08. The van der Waals surface area contributed by atoms with E-state index in [1.807, 2.05) is 19.9 Å². The Morgan fingerprint density at radius 1 is 1.18 bits per heavy atom. The number of rotatable bonds is 3. The van der Waals surface area contributed by atoms with Crippen molar-refractivity contribution in [3.8, 4) is 0 Å². The van der Waals surface area contributed by atoms with Crippen molar-refractivity contribution in [2.24, 2.45) is 0 Å². The van der Waals surface area contributed by atoms with E-state index in [1.54, 1.807) is 0 Å². The summed E-state index contributed by atoms with van der Waals surface area (Å²) >= 11 is 0. The van der Waals surface area contributed by atoms with Gasteiger partial charge in [0, 0.05) is 11.8 Å². The van der Waals surface area contributed by atoms with Gasteiger partial charge in [0.2, 0.25) is 0 Å². The summed E-state index contributed by atoms with van der Waals surface area (Å²) in [6, 6.07) is 4.02. The van der Waals surface area contributed by atoms with Gasteiger partial charge in [0.1, 0.15) is 5.58 Å². The number of hydrogen-bond acceptors (Lipinski definition) is 2. The number of Topliss-reactive ketones (excluding diaryl/α,β-unsaturated/α-hetero) is 1. The molecule has 2 aromatic rings. The van der Waals surface area contributed by atoms with Crippen LogP contribution in [0.1, 0.15) is 47.0 Å². The highest BCUT2D eigenvalue weighted by molar-refractivity contribution is 5.99. The molecule has 0 unspecified atom stereocenters. The molecule has 0 spiro atoms. The molecule has 1 heterocycles. The Hall–Kier alpha value is -1.57. The summed E-state index contributed by atoms with van der Waals surface area (Å²) in [5.74, 6) is 0.596. The second-order valence-corrected chi connectivity index (χ2v) is 4.66. The number of fused-ring (bicyclic) bond motifs is 1. The number of carbonyl (C=O) groups excluding carboxylic acids is 1. The molecule has 0 saturated heterocycles. The van der Waals surface area contributed by atoms with Crippen LogP contribution in [-0.2, 0) is 0 Å². The normalized spacial score (nSPS) is 11.1. The predicted molar refractivity (Wildman–Crippen MR) is 69.7 cm³/mol. The van der Waals surface area contributed by atoms with Gasteiger partial charge >= 0.3 is 0 Å². The SMILES string of the molecule is CCCC(=O)c1cc2c(C)cc(C)c(C)c2o1. The van der Waals surface area contributed by atoms with Gasteiger partial charge in [0.15, 0.2) is 11.5 Å². The predicted octanol–water partition coefficient (Wildman–Crippen LogP) is 4.34. The summed E-state index contributed by atoms with van der Waals surface area (Å²) in [6.45, 7) is 8.16. The van der Waals surface area contributed by atoms with Crippen LogP contribution in [0.2, 0.25) is 0 Å². The summed E-state index contributed by atoms with van der Waals surface area (Å²) in [6.07, 6.45) is 1.41. The number of ketones is 1. The fraction of sp³-hybridized carbons (Fsp3) is 0.400. The third kappa shape index (κ3) is 1.99. The zero-order chi connectivity index (χ0) is 12.6. The second kappa shape index (κ2) is 4.36. The molecule has 0 atom stereocenters. The minimum atomic E-state index is 0.0974. The second-order valence-electron chi connectivity index (χ2n) is 4.66. The van der Waals surface area contributed by atoms with Crippen molar-refractivity contribution in [3.05, 3.63) is 34.6 Å². The first-order chi connectivity index (χ1) is 8.04. The van der Waals surface area contributed by atoms with Crippen LogP contribution < -0.4 is 0 Å². The standard InChI is InChI=1S/C15H18O2/c1-5-6-13(16)14-8-12-10(3)7-9(2)11(4)15(12)17-14/h7-8H,5-6H2,1-4H3. The fourth-order valence-corrected chi connectivity index (χ4v) is 2.14. The molecule has 0 aliphatic rings. The molecule has 2 nitrogen and oxygen atoms in total. The zero-order valence-corrected chi connectivity index (χ0v) is 10.9. The molecule has 0 N–H and O–H groups in total. The lowest BCUT2D eigenvalue weighted by atomic mass is 10.0. The zero-order valence-electron chi connectivity index (χ0n) is 10.9. The monoisotopic (exact) mass is 230 g/mol. The van der Waals surface area contributed by atoms with E-state index in [1.165, 1.54) is 11.1 Å². The van der Waals surface area contributed by atoms with Crippen LogP contribution in [0.25, 0.3) is 11.0 Å². The van der Waals surface area contributed by atoms with E-state index in [4.69, 9.17) is 4.42 Å². The summed E-state index contributed by atoms with van der Waals surface area (Å²) in [4.78, 5) is 11.8. The number of benzene rings is 1. The molecule has 0 fully saturated rings. The first-order valence-corrected chi connectivity index (χ1v) is 6.08. The maximum absolute atomic E-state index is 11.8. The molecule has 0 aliphatic heterocycles. The van der Waals surface area contributed by atoms with Crippen LogP contribution in [0.5, 0.6) is 0 Å². The average Bonchev–Trinajstić information content (AvgIpc) is 2.72. The van der Waals surface area contributed by atoms with E-state index in [-0.39, 0.29) is 5.78 Å². The van der Waals surface area contributed by atoms with E-state index < -0.39 is 0 Å².